The van der Waals surface area contributed by atoms with Gasteiger partial charge >= 0.3 is 11.9 Å². The number of hydrogen-bond donors (Lipinski definition) is 1. The fourth-order valence-corrected chi connectivity index (χ4v) is 1.77. The summed E-state index contributed by atoms with van der Waals surface area (Å²) in [6.45, 7) is 3.41. The van der Waals surface area contributed by atoms with E-state index in [2.05, 4.69) is 0 Å². The lowest BCUT2D eigenvalue weighted by atomic mass is 9.72. The van der Waals surface area contributed by atoms with E-state index in [0.717, 1.165) is 32.9 Å². The van der Waals surface area contributed by atoms with Crippen LogP contribution in [0.5, 0.6) is 0 Å². The molecule has 0 aliphatic heterocycles. The molecule has 2 nitrogen and oxygen atoms in total. The SMILES string of the molecule is CC(C)(C)C(F)(C(=O)O)C(F)(F)c1ccccc1. The number of rotatable bonds is 3. The van der Waals surface area contributed by atoms with Crippen LogP contribution in [0.3, 0.4) is 0 Å². The summed E-state index contributed by atoms with van der Waals surface area (Å²) in [5.74, 6) is -6.28. The largest absolute Gasteiger partial charge is 0.479 e. The minimum Gasteiger partial charge on any atom is -0.479 e. The molecule has 1 aromatic rings. The standard InChI is InChI=1S/C13H15F3O2/c1-11(2,3)12(14,10(17)18)13(15,16)9-7-5-4-6-8-9/h4-8H,1-3H3,(H,17,18). The summed E-state index contributed by atoms with van der Waals surface area (Å²) in [6, 6.07) is 6.16. The molecule has 0 aliphatic carbocycles. The minimum absolute atomic E-state index is 0.648. The second-order valence-electron chi connectivity index (χ2n) is 5.15. The van der Waals surface area contributed by atoms with E-state index in [1.54, 1.807) is 0 Å². The van der Waals surface area contributed by atoms with Crippen molar-refractivity contribution in [3.63, 3.8) is 0 Å². The summed E-state index contributed by atoms with van der Waals surface area (Å²) >= 11 is 0. The maximum atomic E-state index is 14.5. The lowest BCUT2D eigenvalue weighted by molar-refractivity contribution is -0.213. The van der Waals surface area contributed by atoms with Gasteiger partial charge in [0.05, 0.1) is 0 Å². The van der Waals surface area contributed by atoms with Gasteiger partial charge in [0, 0.05) is 11.0 Å². The van der Waals surface area contributed by atoms with Crippen LogP contribution in [0.2, 0.25) is 0 Å². The van der Waals surface area contributed by atoms with Gasteiger partial charge in [-0.3, -0.25) is 0 Å². The Hall–Kier alpha value is -1.52. The molecule has 1 aromatic carbocycles. The third-order valence-corrected chi connectivity index (χ3v) is 2.90. The summed E-state index contributed by atoms with van der Waals surface area (Å²) in [5, 5.41) is 8.91. The Morgan fingerprint density at radius 2 is 1.50 bits per heavy atom. The predicted molar refractivity (Wildman–Crippen MR) is 61.3 cm³/mol. The maximum absolute atomic E-state index is 14.5. The van der Waals surface area contributed by atoms with Crippen LogP contribution in [0.4, 0.5) is 13.2 Å². The number of aliphatic carboxylic acids is 1. The van der Waals surface area contributed by atoms with Crippen molar-refractivity contribution in [2.24, 2.45) is 5.41 Å². The smallest absolute Gasteiger partial charge is 0.348 e. The van der Waals surface area contributed by atoms with E-state index in [-0.39, 0.29) is 0 Å². The number of carboxylic acid groups (broad SMARTS) is 1. The van der Waals surface area contributed by atoms with Crippen LogP contribution in [0.25, 0.3) is 0 Å². The number of hydrogen-bond acceptors (Lipinski definition) is 1. The molecular formula is C13H15F3O2. The van der Waals surface area contributed by atoms with Gasteiger partial charge in [0.1, 0.15) is 0 Å². The number of carboxylic acids is 1. The Labute approximate surface area is 103 Å². The number of carbonyl (C=O) groups is 1. The van der Waals surface area contributed by atoms with E-state index in [1.165, 1.54) is 18.2 Å². The van der Waals surface area contributed by atoms with E-state index in [1.807, 2.05) is 0 Å². The van der Waals surface area contributed by atoms with Crippen molar-refractivity contribution >= 4 is 5.97 Å². The molecule has 1 N–H and O–H groups in total. The van der Waals surface area contributed by atoms with E-state index in [4.69, 9.17) is 5.11 Å². The molecule has 0 radical (unpaired) electrons. The normalized spacial score (nSPS) is 16.1. The molecule has 18 heavy (non-hydrogen) atoms. The summed E-state index contributed by atoms with van der Waals surface area (Å²) in [5.41, 5.74) is -6.08. The van der Waals surface area contributed by atoms with Crippen LogP contribution >= 0.6 is 0 Å². The molecule has 0 saturated heterocycles. The average molecular weight is 260 g/mol. The van der Waals surface area contributed by atoms with Crippen LogP contribution in [-0.2, 0) is 10.7 Å². The van der Waals surface area contributed by atoms with Crippen LogP contribution in [0, 0.1) is 5.41 Å². The van der Waals surface area contributed by atoms with Gasteiger partial charge < -0.3 is 5.11 Å². The van der Waals surface area contributed by atoms with Crippen molar-refractivity contribution in [1.29, 1.82) is 0 Å². The Balaban J connectivity index is 3.44. The predicted octanol–water partition coefficient (Wildman–Crippen LogP) is 3.62. The van der Waals surface area contributed by atoms with E-state index in [0.29, 0.717) is 0 Å². The van der Waals surface area contributed by atoms with E-state index >= 15 is 0 Å². The van der Waals surface area contributed by atoms with Gasteiger partial charge in [-0.25, -0.2) is 9.18 Å². The Morgan fingerprint density at radius 1 is 1.06 bits per heavy atom. The second-order valence-corrected chi connectivity index (χ2v) is 5.15. The van der Waals surface area contributed by atoms with Crippen molar-refractivity contribution in [2.75, 3.05) is 0 Å². The monoisotopic (exact) mass is 260 g/mol. The van der Waals surface area contributed by atoms with Crippen LogP contribution in [0.1, 0.15) is 26.3 Å². The Kier molecular flexibility index (Phi) is 3.47. The zero-order valence-electron chi connectivity index (χ0n) is 10.4. The number of benzene rings is 1. The third kappa shape index (κ3) is 1.98. The minimum atomic E-state index is -4.11. The van der Waals surface area contributed by atoms with Crippen molar-refractivity contribution in [1.82, 2.24) is 0 Å². The molecular weight excluding hydrogens is 245 g/mol. The molecule has 100 valence electrons. The Morgan fingerprint density at radius 3 is 1.83 bits per heavy atom. The molecule has 0 saturated carbocycles. The maximum Gasteiger partial charge on any atom is 0.348 e. The highest BCUT2D eigenvalue weighted by molar-refractivity contribution is 5.80. The van der Waals surface area contributed by atoms with Crippen molar-refractivity contribution < 1.29 is 23.1 Å². The highest BCUT2D eigenvalue weighted by Gasteiger charge is 2.67. The highest BCUT2D eigenvalue weighted by atomic mass is 19.3. The fraction of sp³-hybridized carbons (Fsp3) is 0.462. The molecule has 5 heteroatoms. The first-order valence-corrected chi connectivity index (χ1v) is 5.41. The van der Waals surface area contributed by atoms with E-state index in [9.17, 15) is 18.0 Å². The molecule has 0 spiro atoms. The second kappa shape index (κ2) is 4.30. The molecule has 1 atom stereocenters. The van der Waals surface area contributed by atoms with Gasteiger partial charge in [0.2, 0.25) is 0 Å². The molecule has 0 bridgehead atoms. The van der Waals surface area contributed by atoms with Crippen molar-refractivity contribution in [3.05, 3.63) is 35.9 Å². The molecule has 0 heterocycles. The van der Waals surface area contributed by atoms with Gasteiger partial charge in [-0.1, -0.05) is 51.1 Å². The van der Waals surface area contributed by atoms with Crippen LogP contribution < -0.4 is 0 Å². The number of halogens is 3. The number of alkyl halides is 3. The van der Waals surface area contributed by atoms with Crippen LogP contribution in [-0.4, -0.2) is 16.7 Å². The van der Waals surface area contributed by atoms with Crippen LogP contribution in [0.15, 0.2) is 30.3 Å². The quantitative estimate of drug-likeness (QED) is 0.901. The van der Waals surface area contributed by atoms with Crippen molar-refractivity contribution in [3.8, 4) is 0 Å². The van der Waals surface area contributed by atoms with Gasteiger partial charge in [-0.15, -0.1) is 0 Å². The van der Waals surface area contributed by atoms with Gasteiger partial charge in [0.15, 0.2) is 0 Å². The van der Waals surface area contributed by atoms with Gasteiger partial charge in [-0.2, -0.15) is 8.78 Å². The van der Waals surface area contributed by atoms with E-state index < -0.39 is 28.5 Å². The third-order valence-electron chi connectivity index (χ3n) is 2.90. The zero-order valence-corrected chi connectivity index (χ0v) is 10.4. The lowest BCUT2D eigenvalue weighted by Crippen LogP contribution is -2.57. The summed E-state index contributed by atoms with van der Waals surface area (Å²) in [6.07, 6.45) is 0. The molecule has 1 unspecified atom stereocenters. The Bertz CT molecular complexity index is 437. The van der Waals surface area contributed by atoms with Gasteiger partial charge in [0.25, 0.3) is 5.67 Å². The van der Waals surface area contributed by atoms with Gasteiger partial charge in [-0.05, 0) is 0 Å². The molecule has 0 aromatic heterocycles. The molecule has 0 aliphatic rings. The fourth-order valence-electron chi connectivity index (χ4n) is 1.77. The van der Waals surface area contributed by atoms with Crippen molar-refractivity contribution in [2.45, 2.75) is 32.4 Å². The first kappa shape index (κ1) is 14.5. The molecule has 0 amide bonds. The molecule has 0 fully saturated rings. The first-order valence-electron chi connectivity index (χ1n) is 5.41. The zero-order chi connectivity index (χ0) is 14.2. The topological polar surface area (TPSA) is 37.3 Å². The lowest BCUT2D eigenvalue weighted by Gasteiger charge is -2.39. The summed E-state index contributed by atoms with van der Waals surface area (Å²) in [4.78, 5) is 11.0. The average Bonchev–Trinajstić information content (AvgIpc) is 2.27. The summed E-state index contributed by atoms with van der Waals surface area (Å²) < 4.78 is 42.9. The summed E-state index contributed by atoms with van der Waals surface area (Å²) in [7, 11) is 0. The molecule has 1 rings (SSSR count). The highest BCUT2D eigenvalue weighted by Crippen LogP contribution is 2.51. The first-order chi connectivity index (χ1) is 8.05.